The van der Waals surface area contributed by atoms with Gasteiger partial charge in [0.2, 0.25) is 15.9 Å². The van der Waals surface area contributed by atoms with Crippen LogP contribution in [-0.2, 0) is 21.4 Å². The number of rotatable bonds is 8. The van der Waals surface area contributed by atoms with Crippen molar-refractivity contribution in [3.63, 3.8) is 0 Å². The van der Waals surface area contributed by atoms with Gasteiger partial charge in [0, 0.05) is 30.1 Å². The second kappa shape index (κ2) is 11.3. The van der Waals surface area contributed by atoms with E-state index in [-0.39, 0.29) is 11.8 Å². The number of carbonyl (C=O) groups excluding carboxylic acids is 1. The van der Waals surface area contributed by atoms with Gasteiger partial charge < -0.3 is 9.64 Å². The Morgan fingerprint density at radius 3 is 2.14 bits per heavy atom. The first-order valence-electron chi connectivity index (χ1n) is 11.7. The molecule has 4 rings (SSSR count). The molecule has 6 nitrogen and oxygen atoms in total. The highest BCUT2D eigenvalue weighted by Crippen LogP contribution is 2.28. The molecule has 1 saturated heterocycles. The van der Waals surface area contributed by atoms with Crippen molar-refractivity contribution in [3.8, 4) is 5.75 Å². The quantitative estimate of drug-likeness (QED) is 0.449. The molecular weight excluding hydrogens is 460 g/mol. The van der Waals surface area contributed by atoms with Gasteiger partial charge in [-0.15, -0.1) is 0 Å². The summed E-state index contributed by atoms with van der Waals surface area (Å²) in [5, 5.41) is 1.25. The first-order chi connectivity index (χ1) is 17.0. The zero-order valence-corrected chi connectivity index (χ0v) is 20.6. The van der Waals surface area contributed by atoms with E-state index in [1.807, 2.05) is 84.9 Å². The van der Waals surface area contributed by atoms with Crippen molar-refractivity contribution >= 4 is 27.7 Å². The molecule has 1 aliphatic rings. The molecule has 3 aromatic carbocycles. The Morgan fingerprint density at radius 1 is 0.943 bits per heavy atom. The number of piperidine rings is 1. The minimum Gasteiger partial charge on any atom is -0.497 e. The lowest BCUT2D eigenvalue weighted by molar-refractivity contribution is -0.123. The number of sulfonamides is 1. The summed E-state index contributed by atoms with van der Waals surface area (Å²) < 4.78 is 32.4. The fourth-order valence-electron chi connectivity index (χ4n) is 4.22. The third kappa shape index (κ3) is 6.38. The van der Waals surface area contributed by atoms with Gasteiger partial charge in [0.05, 0.1) is 13.7 Å². The standard InChI is InChI=1S/C28H30N2O4S/c1-34-27-14-12-26(13-15-27)30(22-24-10-6-3-7-11-24)28(31)25-16-19-29(20-17-25)35(32,33)21-18-23-8-4-2-5-9-23/h2-15,18,21,25H,16-17,19-20,22H2,1H3/b21-18+. The number of hydrogen-bond acceptors (Lipinski definition) is 4. The summed E-state index contributed by atoms with van der Waals surface area (Å²) in [5.74, 6) is 0.490. The van der Waals surface area contributed by atoms with Gasteiger partial charge in [-0.25, -0.2) is 8.42 Å². The van der Waals surface area contributed by atoms with E-state index in [2.05, 4.69) is 0 Å². The van der Waals surface area contributed by atoms with Gasteiger partial charge in [-0.05, 0) is 54.3 Å². The minimum absolute atomic E-state index is 0.0101. The normalized spacial score (nSPS) is 15.2. The van der Waals surface area contributed by atoms with Crippen LogP contribution in [0.25, 0.3) is 6.08 Å². The molecule has 0 aromatic heterocycles. The van der Waals surface area contributed by atoms with Crippen LogP contribution in [0.15, 0.2) is 90.3 Å². The van der Waals surface area contributed by atoms with Crippen LogP contribution in [0, 0.1) is 5.92 Å². The number of carbonyl (C=O) groups is 1. The molecule has 0 N–H and O–H groups in total. The van der Waals surface area contributed by atoms with Crippen LogP contribution in [0.5, 0.6) is 5.75 Å². The van der Waals surface area contributed by atoms with Crippen molar-refractivity contribution in [2.24, 2.45) is 5.92 Å². The van der Waals surface area contributed by atoms with Gasteiger partial charge in [-0.1, -0.05) is 60.7 Å². The van der Waals surface area contributed by atoms with E-state index in [0.717, 1.165) is 22.6 Å². The van der Waals surface area contributed by atoms with Gasteiger partial charge in [0.25, 0.3) is 0 Å². The van der Waals surface area contributed by atoms with E-state index in [0.29, 0.717) is 32.5 Å². The molecule has 0 radical (unpaired) electrons. The molecule has 182 valence electrons. The first-order valence-corrected chi connectivity index (χ1v) is 13.2. The number of nitrogens with zero attached hydrogens (tertiary/aromatic N) is 2. The molecule has 0 aliphatic carbocycles. The number of methoxy groups -OCH3 is 1. The molecule has 1 amide bonds. The SMILES string of the molecule is COc1ccc(N(Cc2ccccc2)C(=O)C2CCN(S(=O)(=O)/C=C/c3ccccc3)CC2)cc1. The van der Waals surface area contributed by atoms with Gasteiger partial charge in [-0.2, -0.15) is 4.31 Å². The zero-order chi connectivity index (χ0) is 24.7. The largest absolute Gasteiger partial charge is 0.497 e. The number of benzene rings is 3. The van der Waals surface area contributed by atoms with Gasteiger partial charge in [-0.3, -0.25) is 4.79 Å². The molecule has 0 atom stereocenters. The fourth-order valence-corrected chi connectivity index (χ4v) is 5.44. The molecule has 0 saturated carbocycles. The van der Waals surface area contributed by atoms with Crippen LogP contribution in [0.3, 0.4) is 0 Å². The average Bonchev–Trinajstić information content (AvgIpc) is 2.91. The van der Waals surface area contributed by atoms with Crippen LogP contribution in [0.4, 0.5) is 5.69 Å². The predicted octanol–water partition coefficient (Wildman–Crippen LogP) is 4.94. The van der Waals surface area contributed by atoms with Crippen molar-refractivity contribution in [2.75, 3.05) is 25.1 Å². The Labute approximate surface area is 207 Å². The average molecular weight is 491 g/mol. The summed E-state index contributed by atoms with van der Waals surface area (Å²) in [4.78, 5) is 15.4. The van der Waals surface area contributed by atoms with Crippen molar-refractivity contribution in [1.82, 2.24) is 4.31 Å². The lowest BCUT2D eigenvalue weighted by Gasteiger charge is -2.33. The van der Waals surface area contributed by atoms with E-state index in [1.54, 1.807) is 18.1 Å². The smallest absolute Gasteiger partial charge is 0.236 e. The molecule has 1 fully saturated rings. The maximum atomic E-state index is 13.6. The van der Waals surface area contributed by atoms with Crippen LogP contribution < -0.4 is 9.64 Å². The molecule has 35 heavy (non-hydrogen) atoms. The predicted molar refractivity (Wildman–Crippen MR) is 139 cm³/mol. The summed E-state index contributed by atoms with van der Waals surface area (Å²) >= 11 is 0. The molecule has 0 bridgehead atoms. The Hall–Kier alpha value is -3.42. The highest BCUT2D eigenvalue weighted by atomic mass is 32.2. The zero-order valence-electron chi connectivity index (χ0n) is 19.8. The Morgan fingerprint density at radius 2 is 1.54 bits per heavy atom. The van der Waals surface area contributed by atoms with Crippen molar-refractivity contribution < 1.29 is 17.9 Å². The lowest BCUT2D eigenvalue weighted by Crippen LogP contribution is -2.43. The van der Waals surface area contributed by atoms with Crippen molar-refractivity contribution in [2.45, 2.75) is 19.4 Å². The highest BCUT2D eigenvalue weighted by molar-refractivity contribution is 7.92. The second-order valence-corrected chi connectivity index (χ2v) is 10.4. The Balaban J connectivity index is 1.46. The van der Waals surface area contributed by atoms with Crippen LogP contribution in [0.1, 0.15) is 24.0 Å². The fraction of sp³-hybridized carbons (Fsp3) is 0.250. The maximum Gasteiger partial charge on any atom is 0.236 e. The number of anilines is 1. The summed E-state index contributed by atoms with van der Waals surface area (Å²) in [7, 11) is -1.94. The molecule has 0 spiro atoms. The van der Waals surface area contributed by atoms with E-state index < -0.39 is 10.0 Å². The maximum absolute atomic E-state index is 13.6. The third-order valence-electron chi connectivity index (χ3n) is 6.23. The van der Waals surface area contributed by atoms with Crippen molar-refractivity contribution in [3.05, 3.63) is 101 Å². The van der Waals surface area contributed by atoms with Gasteiger partial charge in [0.1, 0.15) is 5.75 Å². The van der Waals surface area contributed by atoms with Crippen LogP contribution >= 0.6 is 0 Å². The van der Waals surface area contributed by atoms with E-state index in [4.69, 9.17) is 4.74 Å². The first kappa shape index (κ1) is 24.7. The van der Waals surface area contributed by atoms with Crippen LogP contribution in [0.2, 0.25) is 0 Å². The minimum atomic E-state index is -3.55. The summed E-state index contributed by atoms with van der Waals surface area (Å²) in [6, 6.07) is 26.7. The molecular formula is C28H30N2O4S. The van der Waals surface area contributed by atoms with Gasteiger partial charge in [0.15, 0.2) is 0 Å². The Kier molecular flexibility index (Phi) is 8.00. The Bertz CT molecular complexity index is 1240. The molecule has 1 aliphatic heterocycles. The highest BCUT2D eigenvalue weighted by Gasteiger charge is 2.32. The molecule has 1 heterocycles. The van der Waals surface area contributed by atoms with Crippen molar-refractivity contribution in [1.29, 1.82) is 0 Å². The van der Waals surface area contributed by atoms with E-state index >= 15 is 0 Å². The van der Waals surface area contributed by atoms with E-state index in [1.165, 1.54) is 9.71 Å². The third-order valence-corrected chi connectivity index (χ3v) is 7.79. The van der Waals surface area contributed by atoms with Gasteiger partial charge >= 0.3 is 0 Å². The number of hydrogen-bond donors (Lipinski definition) is 0. The summed E-state index contributed by atoms with van der Waals surface area (Å²) in [6.07, 6.45) is 2.58. The topological polar surface area (TPSA) is 66.9 Å². The van der Waals surface area contributed by atoms with Crippen LogP contribution in [-0.4, -0.2) is 38.8 Å². The lowest BCUT2D eigenvalue weighted by atomic mass is 9.96. The summed E-state index contributed by atoms with van der Waals surface area (Å²) in [6.45, 7) is 1.09. The second-order valence-electron chi connectivity index (χ2n) is 8.54. The van der Waals surface area contributed by atoms with E-state index in [9.17, 15) is 13.2 Å². The number of amides is 1. The summed E-state index contributed by atoms with van der Waals surface area (Å²) in [5.41, 5.74) is 2.65. The monoisotopic (exact) mass is 490 g/mol. The molecule has 3 aromatic rings. The molecule has 0 unspecified atom stereocenters. The number of ether oxygens (including phenoxy) is 1. The molecule has 7 heteroatoms.